The van der Waals surface area contributed by atoms with Gasteiger partial charge in [-0.3, -0.25) is 0 Å². The molecule has 0 radical (unpaired) electrons. The highest BCUT2D eigenvalue weighted by Crippen LogP contribution is 2.17. The molecule has 2 N–H and O–H groups in total. The maximum atomic E-state index is 11.7. The molecule has 0 unspecified atom stereocenters. The third-order valence-electron chi connectivity index (χ3n) is 3.40. The summed E-state index contributed by atoms with van der Waals surface area (Å²) >= 11 is 3.43. The molecule has 0 aliphatic carbocycles. The molecule has 2 amide bonds. The maximum Gasteiger partial charge on any atom is 0.317 e. The summed E-state index contributed by atoms with van der Waals surface area (Å²) in [5.74, 6) is 0.810. The van der Waals surface area contributed by atoms with Crippen molar-refractivity contribution in [2.75, 3.05) is 13.3 Å². The molecular weight excluding hydrogens is 356 g/mol. The van der Waals surface area contributed by atoms with Crippen LogP contribution in [-0.4, -0.2) is 19.3 Å². The number of halogens is 1. The Morgan fingerprint density at radius 2 is 1.96 bits per heavy atom. The van der Waals surface area contributed by atoms with Crippen LogP contribution in [0.25, 0.3) is 0 Å². The van der Waals surface area contributed by atoms with E-state index in [1.807, 2.05) is 48.5 Å². The molecule has 0 aliphatic rings. The van der Waals surface area contributed by atoms with E-state index in [1.165, 1.54) is 5.56 Å². The first-order valence-corrected chi connectivity index (χ1v) is 8.45. The average Bonchev–Trinajstić information content (AvgIpc) is 2.55. The summed E-state index contributed by atoms with van der Waals surface area (Å²) in [4.78, 5) is 11.7. The van der Waals surface area contributed by atoms with Gasteiger partial charge in [0.25, 0.3) is 0 Å². The van der Waals surface area contributed by atoms with Gasteiger partial charge >= 0.3 is 6.03 Å². The summed E-state index contributed by atoms with van der Waals surface area (Å²) in [5, 5.41) is 5.52. The van der Waals surface area contributed by atoms with Crippen LogP contribution < -0.4 is 15.4 Å². The molecule has 0 spiro atoms. The molecule has 0 atom stereocenters. The van der Waals surface area contributed by atoms with Gasteiger partial charge in [0, 0.05) is 11.0 Å². The lowest BCUT2D eigenvalue weighted by Gasteiger charge is -2.12. The minimum Gasteiger partial charge on any atom is -0.473 e. The van der Waals surface area contributed by atoms with Crippen LogP contribution in [0.2, 0.25) is 0 Å². The highest BCUT2D eigenvalue weighted by atomic mass is 79.9. The van der Waals surface area contributed by atoms with Gasteiger partial charge in [0.2, 0.25) is 0 Å². The van der Waals surface area contributed by atoms with Crippen molar-refractivity contribution in [2.24, 2.45) is 0 Å². The molecule has 0 heterocycles. The van der Waals surface area contributed by atoms with Crippen molar-refractivity contribution in [1.82, 2.24) is 10.6 Å². The lowest BCUT2D eigenvalue weighted by Crippen LogP contribution is -2.38. The largest absolute Gasteiger partial charge is 0.473 e. The summed E-state index contributed by atoms with van der Waals surface area (Å²) in [7, 11) is 0. The van der Waals surface area contributed by atoms with E-state index in [-0.39, 0.29) is 12.8 Å². The molecule has 0 aromatic heterocycles. The van der Waals surface area contributed by atoms with E-state index in [4.69, 9.17) is 4.74 Å². The Hall–Kier alpha value is -2.01. The maximum absolute atomic E-state index is 11.7. The van der Waals surface area contributed by atoms with Gasteiger partial charge in [-0.25, -0.2) is 4.79 Å². The van der Waals surface area contributed by atoms with Crippen molar-refractivity contribution < 1.29 is 9.53 Å². The normalized spacial score (nSPS) is 10.2. The van der Waals surface area contributed by atoms with Crippen molar-refractivity contribution in [3.8, 4) is 5.75 Å². The number of hydrogen-bond donors (Lipinski definition) is 2. The number of carbonyl (C=O) groups excluding carboxylic acids is 1. The second-order valence-corrected chi connectivity index (χ2v) is 5.98. The average molecular weight is 377 g/mol. The van der Waals surface area contributed by atoms with Crippen molar-refractivity contribution >= 4 is 22.0 Å². The highest BCUT2D eigenvalue weighted by Gasteiger charge is 2.03. The van der Waals surface area contributed by atoms with E-state index in [9.17, 15) is 4.79 Å². The Balaban J connectivity index is 1.67. The second kappa shape index (κ2) is 9.20. The van der Waals surface area contributed by atoms with Crippen LogP contribution in [0.3, 0.4) is 0 Å². The lowest BCUT2D eigenvalue weighted by atomic mass is 10.1. The molecule has 4 nitrogen and oxygen atoms in total. The van der Waals surface area contributed by atoms with E-state index < -0.39 is 0 Å². The van der Waals surface area contributed by atoms with Gasteiger partial charge in [-0.1, -0.05) is 53.2 Å². The van der Waals surface area contributed by atoms with Crippen LogP contribution in [0.1, 0.15) is 18.1 Å². The molecule has 0 fully saturated rings. The zero-order valence-corrected chi connectivity index (χ0v) is 14.7. The number of nitrogens with one attached hydrogen (secondary N) is 2. The van der Waals surface area contributed by atoms with Gasteiger partial charge in [-0.05, 0) is 42.2 Å². The topological polar surface area (TPSA) is 50.4 Å². The first-order valence-electron chi connectivity index (χ1n) is 7.66. The zero-order chi connectivity index (χ0) is 16.5. The van der Waals surface area contributed by atoms with Gasteiger partial charge in [-0.2, -0.15) is 0 Å². The standard InChI is InChI=1S/C18H21BrN2O2/c1-2-15-7-3-4-9-17(15)23-13-21-18(22)20-11-10-14-6-5-8-16(19)12-14/h3-9,12H,2,10-11,13H2,1H3,(H2,20,21,22). The Bertz CT molecular complexity index is 646. The smallest absolute Gasteiger partial charge is 0.317 e. The molecule has 0 bridgehead atoms. The van der Waals surface area contributed by atoms with Gasteiger partial charge in [-0.15, -0.1) is 0 Å². The first-order chi connectivity index (χ1) is 11.2. The highest BCUT2D eigenvalue weighted by molar-refractivity contribution is 9.10. The van der Waals surface area contributed by atoms with Crippen LogP contribution >= 0.6 is 15.9 Å². The fraction of sp³-hybridized carbons (Fsp3) is 0.278. The van der Waals surface area contributed by atoms with Gasteiger partial charge in [0.1, 0.15) is 5.75 Å². The second-order valence-electron chi connectivity index (χ2n) is 5.06. The predicted octanol–water partition coefficient (Wildman–Crippen LogP) is 3.89. The van der Waals surface area contributed by atoms with E-state index in [0.29, 0.717) is 6.54 Å². The summed E-state index contributed by atoms with van der Waals surface area (Å²) in [6.07, 6.45) is 1.68. The number of para-hydroxylation sites is 1. The molecule has 23 heavy (non-hydrogen) atoms. The monoisotopic (exact) mass is 376 g/mol. The van der Waals surface area contributed by atoms with Gasteiger partial charge < -0.3 is 15.4 Å². The van der Waals surface area contributed by atoms with Gasteiger partial charge in [0.05, 0.1) is 0 Å². The lowest BCUT2D eigenvalue weighted by molar-refractivity contribution is 0.223. The number of carbonyl (C=O) groups is 1. The molecule has 122 valence electrons. The molecule has 0 aliphatic heterocycles. The SMILES string of the molecule is CCc1ccccc1OCNC(=O)NCCc1cccc(Br)c1. The van der Waals surface area contributed by atoms with Crippen LogP contribution in [0, 0.1) is 0 Å². The van der Waals surface area contributed by atoms with Crippen molar-refractivity contribution in [3.63, 3.8) is 0 Å². The molecule has 2 aromatic carbocycles. The molecular formula is C18H21BrN2O2. The van der Waals surface area contributed by atoms with Crippen LogP contribution in [0.15, 0.2) is 53.0 Å². The summed E-state index contributed by atoms with van der Waals surface area (Å²) in [5.41, 5.74) is 2.30. The Labute approximate surface area is 145 Å². The summed E-state index contributed by atoms with van der Waals surface area (Å²) < 4.78 is 6.64. The molecule has 0 saturated carbocycles. The minimum atomic E-state index is -0.228. The fourth-order valence-electron chi connectivity index (χ4n) is 2.19. The number of aryl methyl sites for hydroxylation is 1. The van der Waals surface area contributed by atoms with Crippen LogP contribution in [0.5, 0.6) is 5.75 Å². The summed E-state index contributed by atoms with van der Waals surface area (Å²) in [6, 6.07) is 15.7. The molecule has 0 saturated heterocycles. The number of rotatable bonds is 7. The Morgan fingerprint density at radius 1 is 1.13 bits per heavy atom. The minimum absolute atomic E-state index is 0.153. The molecule has 2 aromatic rings. The van der Waals surface area contributed by atoms with Gasteiger partial charge in [0.15, 0.2) is 6.73 Å². The molecule has 2 rings (SSSR count). The van der Waals surface area contributed by atoms with E-state index in [0.717, 1.165) is 28.6 Å². The number of amides is 2. The van der Waals surface area contributed by atoms with Crippen LogP contribution in [0.4, 0.5) is 4.79 Å². The quantitative estimate of drug-likeness (QED) is 0.720. The number of benzene rings is 2. The predicted molar refractivity (Wildman–Crippen MR) is 95.7 cm³/mol. The Morgan fingerprint density at radius 3 is 2.74 bits per heavy atom. The zero-order valence-electron chi connectivity index (χ0n) is 13.1. The van der Waals surface area contributed by atoms with E-state index in [2.05, 4.69) is 33.5 Å². The third-order valence-corrected chi connectivity index (χ3v) is 3.90. The van der Waals surface area contributed by atoms with Crippen molar-refractivity contribution in [2.45, 2.75) is 19.8 Å². The number of urea groups is 1. The van der Waals surface area contributed by atoms with Crippen LogP contribution in [-0.2, 0) is 12.8 Å². The van der Waals surface area contributed by atoms with E-state index >= 15 is 0 Å². The summed E-state index contributed by atoms with van der Waals surface area (Å²) in [6.45, 7) is 2.80. The number of ether oxygens (including phenoxy) is 1. The third kappa shape index (κ3) is 5.94. The molecule has 5 heteroatoms. The van der Waals surface area contributed by atoms with Crippen molar-refractivity contribution in [3.05, 3.63) is 64.1 Å². The first kappa shape index (κ1) is 17.3. The number of hydrogen-bond acceptors (Lipinski definition) is 2. The van der Waals surface area contributed by atoms with Crippen molar-refractivity contribution in [1.29, 1.82) is 0 Å². The van der Waals surface area contributed by atoms with E-state index in [1.54, 1.807) is 0 Å². The fourth-order valence-corrected chi connectivity index (χ4v) is 2.64. The Kier molecular flexibility index (Phi) is 6.94.